The summed E-state index contributed by atoms with van der Waals surface area (Å²) >= 11 is 1.55. The smallest absolute Gasteiger partial charge is 0.242 e. The Kier molecular flexibility index (Phi) is 16.6. The molecule has 3 fully saturated rings. The predicted molar refractivity (Wildman–Crippen MR) is 249 cm³/mol. The van der Waals surface area contributed by atoms with E-state index in [4.69, 9.17) is 4.74 Å². The summed E-state index contributed by atoms with van der Waals surface area (Å²) in [4.78, 5) is 57.9. The van der Waals surface area contributed by atoms with E-state index in [-0.39, 0.29) is 47.6 Å². The number of fused-ring (bicyclic) bond motifs is 1. The van der Waals surface area contributed by atoms with E-state index >= 15 is 0 Å². The highest BCUT2D eigenvalue weighted by atomic mass is 32.2. The molecular formula is C47H64N6O7S2. The Hall–Kier alpha value is -5.02. The number of aryl methyl sites for hydroxylation is 2. The lowest BCUT2D eigenvalue weighted by Crippen LogP contribution is -2.46. The van der Waals surface area contributed by atoms with E-state index in [2.05, 4.69) is 58.2 Å². The molecule has 4 aromatic rings. The number of anilines is 1. The maximum absolute atomic E-state index is 12.4. The summed E-state index contributed by atoms with van der Waals surface area (Å²) in [6, 6.07) is 12.8. The number of pyridine rings is 1. The highest BCUT2D eigenvalue weighted by Crippen LogP contribution is 2.44. The van der Waals surface area contributed by atoms with Crippen molar-refractivity contribution in [2.45, 2.75) is 116 Å². The Bertz CT molecular complexity index is 2400. The number of nitrogens with zero attached hydrogens (tertiary/aromatic N) is 2. The zero-order valence-corrected chi connectivity index (χ0v) is 39.1. The molecule has 0 spiro atoms. The van der Waals surface area contributed by atoms with Crippen LogP contribution in [0, 0.1) is 25.7 Å². The molecule has 3 atom stereocenters. The number of hydrogen-bond acceptors (Lipinski definition) is 10. The molecule has 2 unspecified atom stereocenters. The van der Waals surface area contributed by atoms with Gasteiger partial charge < -0.3 is 25.3 Å². The Labute approximate surface area is 370 Å². The van der Waals surface area contributed by atoms with Crippen LogP contribution in [0.1, 0.15) is 108 Å². The van der Waals surface area contributed by atoms with Gasteiger partial charge in [-0.05, 0) is 107 Å². The average Bonchev–Trinajstić information content (AvgIpc) is 4.06. The highest BCUT2D eigenvalue weighted by molar-refractivity contribution is 7.91. The lowest BCUT2D eigenvalue weighted by molar-refractivity contribution is -0.136. The summed E-state index contributed by atoms with van der Waals surface area (Å²) in [5.41, 5.74) is 5.61. The molecule has 4 N–H and O–H groups in total. The number of ether oxygens (including phenoxy) is 1. The molecule has 0 bridgehead atoms. The number of rotatable bonds is 15. The minimum atomic E-state index is -3.47. The molecule has 0 radical (unpaired) electrons. The SMILES string of the molecule is CCCCC/C=C\C1C[C@@H]1C(=O)NS(=O)(=O)C1(C)CC1.CNC(=O)C1CCCN1C(=O)CNc1cccc(C)c1.COc1ccc2c(=O)cc(-c3nc(C(C)C)cs3)[nH]c2c1C. The van der Waals surface area contributed by atoms with Crippen molar-refractivity contribution < 1.29 is 27.5 Å². The number of aromatic amines is 1. The van der Waals surface area contributed by atoms with Gasteiger partial charge in [-0.3, -0.25) is 23.9 Å². The Morgan fingerprint density at radius 3 is 2.50 bits per heavy atom. The molecule has 15 heteroatoms. The van der Waals surface area contributed by atoms with Gasteiger partial charge in [0, 0.05) is 47.6 Å². The van der Waals surface area contributed by atoms with Crippen LogP contribution in [-0.2, 0) is 24.4 Å². The van der Waals surface area contributed by atoms with Gasteiger partial charge in [-0.1, -0.05) is 57.9 Å². The molecule has 1 saturated heterocycles. The lowest BCUT2D eigenvalue weighted by atomic mass is 10.1. The number of nitrogens with one attached hydrogen (secondary N) is 4. The Morgan fingerprint density at radius 1 is 1.10 bits per heavy atom. The van der Waals surface area contributed by atoms with Gasteiger partial charge in [0.2, 0.25) is 27.7 Å². The summed E-state index contributed by atoms with van der Waals surface area (Å²) in [7, 11) is -0.234. The van der Waals surface area contributed by atoms with E-state index < -0.39 is 14.8 Å². The maximum Gasteiger partial charge on any atom is 0.242 e. The Morgan fingerprint density at radius 2 is 1.85 bits per heavy atom. The zero-order chi connectivity index (χ0) is 45.2. The molecule has 1 aliphatic heterocycles. The maximum atomic E-state index is 12.4. The van der Waals surface area contributed by atoms with Gasteiger partial charge in [0.25, 0.3) is 0 Å². The summed E-state index contributed by atoms with van der Waals surface area (Å²) in [5, 5.41) is 9.29. The highest BCUT2D eigenvalue weighted by Gasteiger charge is 2.52. The number of carbonyl (C=O) groups excluding carboxylic acids is 3. The first-order valence-electron chi connectivity index (χ1n) is 21.7. The minimum Gasteiger partial charge on any atom is -0.496 e. The molecule has 3 aliphatic rings. The number of allylic oxidation sites excluding steroid dienone is 2. The molecule has 3 amide bonds. The molecule has 3 heterocycles. The van der Waals surface area contributed by atoms with Crippen molar-refractivity contribution in [3.05, 3.63) is 87.0 Å². The number of likely N-dealkylation sites (tertiary alicyclic amines) is 1. The largest absolute Gasteiger partial charge is 0.496 e. The van der Waals surface area contributed by atoms with Crippen LogP contribution in [0.5, 0.6) is 5.75 Å². The van der Waals surface area contributed by atoms with E-state index in [0.717, 1.165) is 70.2 Å². The van der Waals surface area contributed by atoms with Crippen molar-refractivity contribution in [1.82, 2.24) is 24.9 Å². The lowest BCUT2D eigenvalue weighted by Gasteiger charge is -2.23. The number of sulfonamides is 1. The fourth-order valence-corrected chi connectivity index (χ4v) is 9.53. The molecule has 7 rings (SSSR count). The number of carbonyl (C=O) groups is 3. The molecule has 2 aliphatic carbocycles. The van der Waals surface area contributed by atoms with Gasteiger partial charge in [0.15, 0.2) is 5.43 Å². The molecule has 2 aromatic heterocycles. The summed E-state index contributed by atoms with van der Waals surface area (Å²) in [6.07, 6.45) is 12.6. The second-order valence-corrected chi connectivity index (χ2v) is 20.1. The van der Waals surface area contributed by atoms with Crippen molar-refractivity contribution in [1.29, 1.82) is 0 Å². The second-order valence-electron chi connectivity index (χ2n) is 17.0. The van der Waals surface area contributed by atoms with Crippen molar-refractivity contribution in [2.24, 2.45) is 11.8 Å². The van der Waals surface area contributed by atoms with Crippen LogP contribution in [0.25, 0.3) is 21.6 Å². The second kappa shape index (κ2) is 21.4. The number of H-pyrrole nitrogens is 1. The van der Waals surface area contributed by atoms with Crippen LogP contribution in [-0.4, -0.2) is 79.0 Å². The minimum absolute atomic E-state index is 0.00389. The average molecular weight is 889 g/mol. The topological polar surface area (TPSA) is 180 Å². The van der Waals surface area contributed by atoms with Crippen LogP contribution in [0.2, 0.25) is 0 Å². The van der Waals surface area contributed by atoms with Crippen molar-refractivity contribution in [3.8, 4) is 16.5 Å². The van der Waals surface area contributed by atoms with Gasteiger partial charge in [-0.25, -0.2) is 13.4 Å². The Balaban J connectivity index is 0.000000176. The van der Waals surface area contributed by atoms with E-state index in [9.17, 15) is 27.6 Å². The molecule has 2 aromatic carbocycles. The van der Waals surface area contributed by atoms with Crippen molar-refractivity contribution in [3.63, 3.8) is 0 Å². The first-order valence-corrected chi connectivity index (χ1v) is 24.1. The molecule has 2 saturated carbocycles. The van der Waals surface area contributed by atoms with E-state index in [0.29, 0.717) is 30.7 Å². The number of unbranched alkanes of at least 4 members (excludes halogenated alkanes) is 3. The number of methoxy groups -OCH3 is 1. The number of hydrogen-bond donors (Lipinski definition) is 4. The van der Waals surface area contributed by atoms with Crippen LogP contribution in [0.4, 0.5) is 5.69 Å². The summed E-state index contributed by atoms with van der Waals surface area (Å²) in [6.45, 7) is 12.9. The van der Waals surface area contributed by atoms with Crippen LogP contribution < -0.4 is 25.5 Å². The number of benzene rings is 2. The van der Waals surface area contributed by atoms with E-state index in [1.807, 2.05) is 49.6 Å². The third-order valence-corrected chi connectivity index (χ3v) is 14.8. The van der Waals surface area contributed by atoms with Crippen molar-refractivity contribution >= 4 is 55.7 Å². The molecule has 336 valence electrons. The summed E-state index contributed by atoms with van der Waals surface area (Å²) in [5.74, 6) is 0.806. The summed E-state index contributed by atoms with van der Waals surface area (Å²) < 4.78 is 30.8. The number of aromatic nitrogens is 2. The third kappa shape index (κ3) is 12.3. The number of amides is 3. The fraction of sp³-hybridized carbons (Fsp3) is 0.511. The first-order chi connectivity index (χ1) is 29.5. The van der Waals surface area contributed by atoms with Crippen LogP contribution in [0.15, 0.2) is 64.8 Å². The van der Waals surface area contributed by atoms with Gasteiger partial charge >= 0.3 is 0 Å². The number of thiazole rings is 1. The zero-order valence-electron chi connectivity index (χ0n) is 37.4. The van der Waals surface area contributed by atoms with Crippen molar-refractivity contribution in [2.75, 3.05) is 32.6 Å². The van der Waals surface area contributed by atoms with Crippen LogP contribution in [0.3, 0.4) is 0 Å². The number of likely N-dealkylation sites (N-methyl/N-ethyl adjacent to an activating group) is 1. The van der Waals surface area contributed by atoms with Gasteiger partial charge in [-0.2, -0.15) is 0 Å². The van der Waals surface area contributed by atoms with E-state index in [1.165, 1.54) is 19.3 Å². The molecule has 13 nitrogen and oxygen atoms in total. The van der Waals surface area contributed by atoms with E-state index in [1.54, 1.807) is 49.5 Å². The monoisotopic (exact) mass is 888 g/mol. The fourth-order valence-electron chi connectivity index (χ4n) is 7.28. The third-order valence-electron chi connectivity index (χ3n) is 11.7. The van der Waals surface area contributed by atoms with Gasteiger partial charge in [0.1, 0.15) is 16.8 Å². The predicted octanol–water partition coefficient (Wildman–Crippen LogP) is 7.99. The molecule has 62 heavy (non-hydrogen) atoms. The first kappa shape index (κ1) is 48.0. The molecular weight excluding hydrogens is 825 g/mol. The standard InChI is InChI=1S/C17H18N2O2S.C15H21N3O2.C15H25NO3S/c1-9(2)13-8-22-17(19-13)12-7-14(20)11-5-6-15(21-4)10(3)16(11)18-12;1-11-5-3-6-12(9-11)17-10-14(19)18-8-4-7-13(18)15(20)16-2;1-3-4-5-6-7-8-12-11-13(12)14(17)16-20(18,19)15(2)9-10-15/h5-9H,1-4H3,(H,18,20);3,5-6,9,13,17H,4,7-8,10H2,1-2H3,(H,16,20);7-8,12-13H,3-6,9-11H2,1-2H3,(H,16,17)/b;;8-7-/t;;12?,13-/m..0/s1. The van der Waals surface area contributed by atoms with Gasteiger partial charge in [0.05, 0.1) is 35.3 Å². The van der Waals surface area contributed by atoms with Crippen LogP contribution >= 0.6 is 11.3 Å². The quantitative estimate of drug-likeness (QED) is 0.0680. The van der Waals surface area contributed by atoms with Gasteiger partial charge in [-0.15, -0.1) is 11.3 Å². The normalized spacial score (nSPS) is 18.7.